The van der Waals surface area contributed by atoms with Gasteiger partial charge in [-0.2, -0.15) is 0 Å². The van der Waals surface area contributed by atoms with Crippen LogP contribution < -0.4 is 4.74 Å². The third-order valence-electron chi connectivity index (χ3n) is 6.41. The van der Waals surface area contributed by atoms with Gasteiger partial charge in [0.1, 0.15) is 17.1 Å². The zero-order valence-corrected chi connectivity index (χ0v) is 18.1. The Morgan fingerprint density at radius 3 is 2.55 bits per heavy atom. The molecule has 0 aliphatic carbocycles. The molecule has 2 aliphatic heterocycles. The molecule has 0 N–H and O–H groups in total. The number of ether oxygens (including phenoxy) is 3. The second-order valence-corrected chi connectivity index (χ2v) is 8.63. The Labute approximate surface area is 182 Å². The lowest BCUT2D eigenvalue weighted by Crippen LogP contribution is -2.48. The SMILES string of the molecule is CCOC(=O)C1=C(c2ccccc2)OC(C)(C)[C@H]2COc3ccc4ccccc4c3[C@@H]12. The van der Waals surface area contributed by atoms with Gasteiger partial charge in [0.25, 0.3) is 0 Å². The summed E-state index contributed by atoms with van der Waals surface area (Å²) < 4.78 is 18.3. The van der Waals surface area contributed by atoms with E-state index in [9.17, 15) is 4.79 Å². The highest BCUT2D eigenvalue weighted by atomic mass is 16.5. The van der Waals surface area contributed by atoms with Crippen molar-refractivity contribution in [3.05, 3.63) is 83.4 Å². The first-order valence-electron chi connectivity index (χ1n) is 10.8. The van der Waals surface area contributed by atoms with Gasteiger partial charge in [0.15, 0.2) is 0 Å². The van der Waals surface area contributed by atoms with Crippen LogP contribution in [0.15, 0.2) is 72.3 Å². The third kappa shape index (κ3) is 3.18. The lowest BCUT2D eigenvalue weighted by Gasteiger charge is -2.48. The van der Waals surface area contributed by atoms with Crippen LogP contribution >= 0.6 is 0 Å². The highest BCUT2D eigenvalue weighted by Crippen LogP contribution is 2.54. The molecule has 5 rings (SSSR count). The minimum Gasteiger partial charge on any atom is -0.493 e. The number of fused-ring (bicyclic) bond motifs is 5. The maximum absolute atomic E-state index is 13.4. The summed E-state index contributed by atoms with van der Waals surface area (Å²) in [4.78, 5) is 13.4. The van der Waals surface area contributed by atoms with Gasteiger partial charge in [-0.05, 0) is 37.6 Å². The molecule has 2 heterocycles. The molecule has 3 aromatic carbocycles. The molecule has 0 saturated heterocycles. The van der Waals surface area contributed by atoms with Crippen LogP contribution in [-0.4, -0.2) is 24.8 Å². The molecule has 0 saturated carbocycles. The van der Waals surface area contributed by atoms with Gasteiger partial charge in [-0.25, -0.2) is 4.79 Å². The third-order valence-corrected chi connectivity index (χ3v) is 6.41. The summed E-state index contributed by atoms with van der Waals surface area (Å²) in [6.07, 6.45) is 0. The van der Waals surface area contributed by atoms with Crippen molar-refractivity contribution in [3.63, 3.8) is 0 Å². The van der Waals surface area contributed by atoms with E-state index >= 15 is 0 Å². The van der Waals surface area contributed by atoms with Crippen molar-refractivity contribution in [1.29, 1.82) is 0 Å². The molecule has 31 heavy (non-hydrogen) atoms. The lowest BCUT2D eigenvalue weighted by molar-refractivity contribution is -0.140. The minimum atomic E-state index is -0.527. The highest BCUT2D eigenvalue weighted by molar-refractivity contribution is 6.01. The van der Waals surface area contributed by atoms with Crippen molar-refractivity contribution in [2.45, 2.75) is 32.3 Å². The van der Waals surface area contributed by atoms with Crippen molar-refractivity contribution < 1.29 is 19.0 Å². The summed E-state index contributed by atoms with van der Waals surface area (Å²) in [6, 6.07) is 22.2. The molecule has 4 heteroatoms. The van der Waals surface area contributed by atoms with E-state index in [0.717, 1.165) is 27.6 Å². The number of benzene rings is 3. The van der Waals surface area contributed by atoms with Gasteiger partial charge in [-0.3, -0.25) is 0 Å². The molecule has 4 nitrogen and oxygen atoms in total. The maximum Gasteiger partial charge on any atom is 0.338 e. The predicted octanol–water partition coefficient (Wildman–Crippen LogP) is 5.72. The molecule has 158 valence electrons. The Morgan fingerprint density at radius 1 is 1.03 bits per heavy atom. The summed E-state index contributed by atoms with van der Waals surface area (Å²) >= 11 is 0. The van der Waals surface area contributed by atoms with Crippen molar-refractivity contribution in [2.24, 2.45) is 5.92 Å². The lowest BCUT2D eigenvalue weighted by atomic mass is 9.68. The van der Waals surface area contributed by atoms with E-state index in [1.807, 2.05) is 55.5 Å². The average Bonchev–Trinajstić information content (AvgIpc) is 2.78. The molecule has 2 aliphatic rings. The van der Waals surface area contributed by atoms with Crippen LogP contribution in [-0.2, 0) is 14.3 Å². The number of rotatable bonds is 3. The fourth-order valence-corrected chi connectivity index (χ4v) is 4.91. The summed E-state index contributed by atoms with van der Waals surface area (Å²) in [5, 5.41) is 2.22. The Kier molecular flexibility index (Phi) is 4.73. The molecule has 3 aromatic rings. The van der Waals surface area contributed by atoms with E-state index in [1.54, 1.807) is 0 Å². The Bertz CT molecular complexity index is 1180. The van der Waals surface area contributed by atoms with Crippen molar-refractivity contribution in [2.75, 3.05) is 13.2 Å². The largest absolute Gasteiger partial charge is 0.493 e. The molecule has 0 aromatic heterocycles. The zero-order valence-electron chi connectivity index (χ0n) is 18.1. The van der Waals surface area contributed by atoms with Crippen molar-refractivity contribution >= 4 is 22.5 Å². The maximum atomic E-state index is 13.4. The van der Waals surface area contributed by atoms with Crippen LogP contribution in [0.2, 0.25) is 0 Å². The first-order chi connectivity index (χ1) is 15.0. The molecular weight excluding hydrogens is 388 g/mol. The van der Waals surface area contributed by atoms with Gasteiger partial charge in [-0.1, -0.05) is 60.7 Å². The van der Waals surface area contributed by atoms with Crippen molar-refractivity contribution in [1.82, 2.24) is 0 Å². The second kappa shape index (κ2) is 7.45. The van der Waals surface area contributed by atoms with Gasteiger partial charge in [0.05, 0.1) is 18.8 Å². The first-order valence-corrected chi connectivity index (χ1v) is 10.8. The van der Waals surface area contributed by atoms with Crippen molar-refractivity contribution in [3.8, 4) is 5.75 Å². The van der Waals surface area contributed by atoms with E-state index < -0.39 is 5.60 Å². The molecule has 0 bridgehead atoms. The fourth-order valence-electron chi connectivity index (χ4n) is 4.91. The predicted molar refractivity (Wildman–Crippen MR) is 121 cm³/mol. The molecule has 0 unspecified atom stereocenters. The van der Waals surface area contributed by atoms with E-state index in [0.29, 0.717) is 24.5 Å². The number of carbonyl (C=O) groups excluding carboxylic acids is 1. The molecule has 0 spiro atoms. The second-order valence-electron chi connectivity index (χ2n) is 8.63. The van der Waals surface area contributed by atoms with Crippen LogP contribution in [0.3, 0.4) is 0 Å². The van der Waals surface area contributed by atoms with E-state index in [4.69, 9.17) is 14.2 Å². The molecule has 0 radical (unpaired) electrons. The number of esters is 1. The Hall–Kier alpha value is -3.27. The quantitative estimate of drug-likeness (QED) is 0.515. The zero-order chi connectivity index (χ0) is 21.6. The smallest absolute Gasteiger partial charge is 0.338 e. The standard InChI is InChI=1S/C27H26O4/c1-4-29-26(28)24-23-20(27(2,3)31-25(24)18-11-6-5-7-12-18)16-30-21-15-14-17-10-8-9-13-19(17)22(21)23/h5-15,20,23H,4,16H2,1-3H3/t20-,23-/m0/s1. The van der Waals surface area contributed by atoms with Crippen LogP contribution in [0.4, 0.5) is 0 Å². The van der Waals surface area contributed by atoms with E-state index in [2.05, 4.69) is 32.0 Å². The summed E-state index contributed by atoms with van der Waals surface area (Å²) in [6.45, 7) is 6.78. The average molecular weight is 415 g/mol. The topological polar surface area (TPSA) is 44.8 Å². The number of hydrogen-bond acceptors (Lipinski definition) is 4. The monoisotopic (exact) mass is 414 g/mol. The van der Waals surface area contributed by atoms with Gasteiger partial charge >= 0.3 is 5.97 Å². The van der Waals surface area contributed by atoms with Gasteiger partial charge in [0, 0.05) is 23.0 Å². The number of hydrogen-bond donors (Lipinski definition) is 0. The Morgan fingerprint density at radius 2 is 1.77 bits per heavy atom. The van der Waals surface area contributed by atoms with Gasteiger partial charge < -0.3 is 14.2 Å². The molecule has 0 fully saturated rings. The molecule has 0 amide bonds. The van der Waals surface area contributed by atoms with E-state index in [-0.39, 0.29) is 17.8 Å². The van der Waals surface area contributed by atoms with Gasteiger partial charge in [0.2, 0.25) is 0 Å². The van der Waals surface area contributed by atoms with Gasteiger partial charge in [-0.15, -0.1) is 0 Å². The normalized spacial score (nSPS) is 21.5. The molecular formula is C27H26O4. The van der Waals surface area contributed by atoms with Crippen LogP contribution in [0.1, 0.15) is 37.8 Å². The summed E-state index contributed by atoms with van der Waals surface area (Å²) in [5.41, 5.74) is 1.98. The van der Waals surface area contributed by atoms with E-state index in [1.165, 1.54) is 0 Å². The van der Waals surface area contributed by atoms with Crippen LogP contribution in [0, 0.1) is 5.92 Å². The number of carbonyl (C=O) groups is 1. The minimum absolute atomic E-state index is 0.0299. The Balaban J connectivity index is 1.84. The van der Waals surface area contributed by atoms with Crippen LogP contribution in [0.5, 0.6) is 5.75 Å². The summed E-state index contributed by atoms with van der Waals surface area (Å²) in [7, 11) is 0. The molecule has 2 atom stereocenters. The summed E-state index contributed by atoms with van der Waals surface area (Å²) in [5.74, 6) is 0.885. The fraction of sp³-hybridized carbons (Fsp3) is 0.296. The van der Waals surface area contributed by atoms with Crippen LogP contribution in [0.25, 0.3) is 16.5 Å². The highest BCUT2D eigenvalue weighted by Gasteiger charge is 2.51. The first kappa shape index (κ1) is 19.7.